The molecule has 0 unspecified atom stereocenters. The molecule has 2 atom stereocenters. The zero-order valence-electron chi connectivity index (χ0n) is 18.0. The highest BCUT2D eigenvalue weighted by molar-refractivity contribution is 5.94. The first kappa shape index (κ1) is 22.4. The van der Waals surface area contributed by atoms with E-state index in [1.165, 1.54) is 18.3 Å². The van der Waals surface area contributed by atoms with Gasteiger partial charge < -0.3 is 15.3 Å². The van der Waals surface area contributed by atoms with Crippen molar-refractivity contribution >= 4 is 11.8 Å². The Morgan fingerprint density at radius 2 is 1.94 bits per heavy atom. The van der Waals surface area contributed by atoms with Crippen molar-refractivity contribution in [3.63, 3.8) is 0 Å². The highest BCUT2D eigenvalue weighted by atomic mass is 19.1. The van der Waals surface area contributed by atoms with E-state index in [9.17, 15) is 14.0 Å². The van der Waals surface area contributed by atoms with Crippen LogP contribution in [0, 0.1) is 11.7 Å². The number of aliphatic hydroxyl groups is 1. The van der Waals surface area contributed by atoms with Crippen molar-refractivity contribution < 1.29 is 19.1 Å². The maximum atomic E-state index is 13.4. The lowest BCUT2D eigenvalue weighted by Crippen LogP contribution is -2.50. The van der Waals surface area contributed by atoms with Gasteiger partial charge in [-0.05, 0) is 43.5 Å². The maximum absolute atomic E-state index is 13.4. The Labute approximate surface area is 187 Å². The van der Waals surface area contributed by atoms with Gasteiger partial charge in [0.05, 0.1) is 17.9 Å². The lowest BCUT2D eigenvalue weighted by molar-refractivity contribution is -0.137. The molecule has 2 amide bonds. The van der Waals surface area contributed by atoms with Crippen molar-refractivity contribution in [2.45, 2.75) is 25.3 Å². The minimum absolute atomic E-state index is 0.0324. The van der Waals surface area contributed by atoms with E-state index < -0.39 is 0 Å². The summed E-state index contributed by atoms with van der Waals surface area (Å²) in [5.74, 6) is -0.424. The molecule has 0 bridgehead atoms. The van der Waals surface area contributed by atoms with Gasteiger partial charge in [0.25, 0.3) is 5.91 Å². The molecule has 0 spiro atoms. The van der Waals surface area contributed by atoms with Crippen LogP contribution < -0.4 is 5.32 Å². The summed E-state index contributed by atoms with van der Waals surface area (Å²) in [5, 5.41) is 12.1. The Morgan fingerprint density at radius 3 is 2.62 bits per heavy atom. The van der Waals surface area contributed by atoms with E-state index in [2.05, 4.69) is 15.2 Å². The second-order valence-electron chi connectivity index (χ2n) is 8.51. The van der Waals surface area contributed by atoms with E-state index >= 15 is 0 Å². The van der Waals surface area contributed by atoms with E-state index in [0.717, 1.165) is 25.9 Å². The predicted octanol–water partition coefficient (Wildman–Crippen LogP) is 1.92. The van der Waals surface area contributed by atoms with Gasteiger partial charge in [-0.15, -0.1) is 0 Å². The number of β-amino-alcohol motifs (C(OH)–C–C–N with tert-alkyl or cyclic N) is 1. The number of hydrogen-bond acceptors (Lipinski definition) is 5. The molecule has 1 aliphatic heterocycles. The Balaban J connectivity index is 1.28. The quantitative estimate of drug-likeness (QED) is 0.717. The third-order valence-corrected chi connectivity index (χ3v) is 6.36. The average molecular weight is 441 g/mol. The van der Waals surface area contributed by atoms with Gasteiger partial charge in [-0.1, -0.05) is 12.1 Å². The van der Waals surface area contributed by atoms with Crippen LogP contribution in [-0.2, 0) is 4.79 Å². The summed E-state index contributed by atoms with van der Waals surface area (Å²) in [5.41, 5.74) is 1.71. The molecule has 8 heteroatoms. The van der Waals surface area contributed by atoms with Gasteiger partial charge in [0.1, 0.15) is 5.82 Å². The Bertz CT molecular complexity index is 945. The van der Waals surface area contributed by atoms with Crippen LogP contribution in [0.4, 0.5) is 4.39 Å². The molecule has 32 heavy (non-hydrogen) atoms. The number of carbonyl (C=O) groups excluding carboxylic acids is 2. The first-order chi connectivity index (χ1) is 15.5. The van der Waals surface area contributed by atoms with E-state index in [1.54, 1.807) is 24.3 Å². The number of aliphatic hydroxyl groups excluding tert-OH is 1. The summed E-state index contributed by atoms with van der Waals surface area (Å²) in [6.45, 7) is 3.75. The normalized spacial score (nSPS) is 21.5. The lowest BCUT2D eigenvalue weighted by Gasteiger charge is -2.35. The number of aromatic nitrogens is 1. The number of piperazine rings is 1. The van der Waals surface area contributed by atoms with Gasteiger partial charge in [-0.25, -0.2) is 4.39 Å². The van der Waals surface area contributed by atoms with E-state index in [0.29, 0.717) is 42.9 Å². The molecule has 1 aromatic heterocycles. The van der Waals surface area contributed by atoms with Crippen molar-refractivity contribution in [2.24, 2.45) is 5.92 Å². The largest absolute Gasteiger partial charge is 0.395 e. The Kier molecular flexibility index (Phi) is 7.12. The van der Waals surface area contributed by atoms with Gasteiger partial charge in [-0.3, -0.25) is 19.5 Å². The van der Waals surface area contributed by atoms with Crippen LogP contribution in [0.15, 0.2) is 42.6 Å². The van der Waals surface area contributed by atoms with Crippen molar-refractivity contribution in [2.75, 3.05) is 39.3 Å². The average Bonchev–Trinajstić information content (AvgIpc) is 3.28. The molecule has 2 aromatic rings. The fraction of sp³-hybridized carbons (Fsp3) is 0.458. The molecule has 2 heterocycles. The molecule has 7 nitrogen and oxygen atoms in total. The number of pyridine rings is 1. The minimum Gasteiger partial charge on any atom is -0.395 e. The van der Waals surface area contributed by atoms with Crippen LogP contribution in [0.3, 0.4) is 0 Å². The smallest absolute Gasteiger partial charge is 0.253 e. The van der Waals surface area contributed by atoms with Crippen molar-refractivity contribution in [1.82, 2.24) is 20.1 Å². The molecular weight excluding hydrogens is 411 g/mol. The molecule has 0 radical (unpaired) electrons. The van der Waals surface area contributed by atoms with Gasteiger partial charge in [0, 0.05) is 56.4 Å². The number of nitrogens with zero attached hydrogens (tertiary/aromatic N) is 3. The second kappa shape index (κ2) is 10.2. The number of halogens is 1. The Hall–Kier alpha value is -2.84. The number of benzene rings is 1. The molecule has 1 saturated carbocycles. The summed E-state index contributed by atoms with van der Waals surface area (Å²) in [6, 6.07) is 9.54. The van der Waals surface area contributed by atoms with Crippen molar-refractivity contribution in [1.29, 1.82) is 0 Å². The monoisotopic (exact) mass is 440 g/mol. The topological polar surface area (TPSA) is 85.8 Å². The van der Waals surface area contributed by atoms with Gasteiger partial charge >= 0.3 is 0 Å². The molecule has 1 aromatic carbocycles. The van der Waals surface area contributed by atoms with E-state index in [4.69, 9.17) is 5.11 Å². The highest BCUT2D eigenvalue weighted by Gasteiger charge is 2.34. The first-order valence-electron chi connectivity index (χ1n) is 11.2. The van der Waals surface area contributed by atoms with Crippen molar-refractivity contribution in [3.8, 4) is 11.3 Å². The number of rotatable bonds is 6. The van der Waals surface area contributed by atoms with Crippen LogP contribution in [0.25, 0.3) is 11.3 Å². The molecule has 1 aliphatic carbocycles. The van der Waals surface area contributed by atoms with Gasteiger partial charge in [-0.2, -0.15) is 0 Å². The van der Waals surface area contributed by atoms with Gasteiger partial charge in [0.15, 0.2) is 0 Å². The molecule has 170 valence electrons. The molecule has 2 N–H and O–H groups in total. The van der Waals surface area contributed by atoms with Crippen molar-refractivity contribution in [3.05, 3.63) is 54.0 Å². The molecule has 2 fully saturated rings. The van der Waals surface area contributed by atoms with E-state index in [1.807, 2.05) is 4.90 Å². The highest BCUT2D eigenvalue weighted by Crippen LogP contribution is 2.28. The summed E-state index contributed by atoms with van der Waals surface area (Å²) in [6.07, 6.45) is 3.70. The molecule has 4 rings (SSSR count). The second-order valence-corrected chi connectivity index (χ2v) is 8.51. The molecular formula is C24H29FN4O3. The zero-order chi connectivity index (χ0) is 22.5. The maximum Gasteiger partial charge on any atom is 0.253 e. The summed E-state index contributed by atoms with van der Waals surface area (Å²) in [4.78, 5) is 33.9. The first-order valence-corrected chi connectivity index (χ1v) is 11.2. The standard InChI is InChI=1S/C24H29FN4O3/c25-20-3-1-2-17(14-20)22-7-5-19(16-26-22)23(31)27-21-6-4-18(15-21)24(32)29-10-8-28(9-11-29)12-13-30/h1-3,5,7,14,16,18,21,30H,4,6,8-13,15H2,(H,27,31)/t18-,21+/m1/s1. The number of nitrogens with one attached hydrogen (secondary N) is 1. The van der Waals surface area contributed by atoms with Crippen LogP contribution in [0.1, 0.15) is 29.6 Å². The minimum atomic E-state index is -0.330. The molecule has 1 saturated heterocycles. The van der Waals surface area contributed by atoms with Crippen LogP contribution in [0.2, 0.25) is 0 Å². The third kappa shape index (κ3) is 5.31. The predicted molar refractivity (Wildman–Crippen MR) is 118 cm³/mol. The summed E-state index contributed by atoms with van der Waals surface area (Å²) >= 11 is 0. The number of amides is 2. The zero-order valence-corrected chi connectivity index (χ0v) is 18.0. The number of hydrogen-bond donors (Lipinski definition) is 2. The Morgan fingerprint density at radius 1 is 1.12 bits per heavy atom. The van der Waals surface area contributed by atoms with Gasteiger partial charge in [0.2, 0.25) is 5.91 Å². The fourth-order valence-electron chi connectivity index (χ4n) is 4.54. The fourth-order valence-corrected chi connectivity index (χ4v) is 4.54. The van der Waals surface area contributed by atoms with Crippen LogP contribution >= 0.6 is 0 Å². The lowest BCUT2D eigenvalue weighted by atomic mass is 10.1. The number of carbonyl (C=O) groups is 2. The summed E-state index contributed by atoms with van der Waals surface area (Å²) < 4.78 is 13.4. The third-order valence-electron chi connectivity index (χ3n) is 6.36. The molecule has 2 aliphatic rings. The van der Waals surface area contributed by atoms with E-state index in [-0.39, 0.29) is 36.2 Å². The van der Waals surface area contributed by atoms with Crippen LogP contribution in [0.5, 0.6) is 0 Å². The summed E-state index contributed by atoms with van der Waals surface area (Å²) in [7, 11) is 0. The van der Waals surface area contributed by atoms with Crippen LogP contribution in [-0.4, -0.2) is 77.1 Å². The SMILES string of the molecule is O=C(N[C@H]1CC[C@@H](C(=O)N2CCN(CCO)CC2)C1)c1ccc(-c2cccc(F)c2)nc1.